The predicted molar refractivity (Wildman–Crippen MR) is 161 cm³/mol. The highest BCUT2D eigenvalue weighted by atomic mass is 16.6. The molecule has 1 N–H and O–H groups in total. The van der Waals surface area contributed by atoms with E-state index in [1.807, 2.05) is 43.0 Å². The van der Waals surface area contributed by atoms with Crippen LogP contribution >= 0.6 is 0 Å². The van der Waals surface area contributed by atoms with Gasteiger partial charge in [0.05, 0.1) is 19.3 Å². The Labute approximate surface area is 251 Å². The van der Waals surface area contributed by atoms with Gasteiger partial charge in [-0.05, 0) is 80.5 Å². The number of hydrogen-bond acceptors (Lipinski definition) is 6. The first-order valence-electron chi connectivity index (χ1n) is 15.3. The summed E-state index contributed by atoms with van der Waals surface area (Å²) < 4.78 is 11.8. The summed E-state index contributed by atoms with van der Waals surface area (Å²) in [5.74, 6) is 0.274. The van der Waals surface area contributed by atoms with Gasteiger partial charge in [-0.1, -0.05) is 6.07 Å². The number of aromatic amines is 1. The van der Waals surface area contributed by atoms with Gasteiger partial charge < -0.3 is 24.3 Å². The minimum absolute atomic E-state index is 0.00199. The summed E-state index contributed by atoms with van der Waals surface area (Å²) >= 11 is 0. The second kappa shape index (κ2) is 10.4. The number of hydrogen-bond donors (Lipinski definition) is 1. The van der Waals surface area contributed by atoms with Crippen LogP contribution in [0.15, 0.2) is 30.6 Å². The van der Waals surface area contributed by atoms with Gasteiger partial charge in [0.1, 0.15) is 17.0 Å². The van der Waals surface area contributed by atoms with Crippen molar-refractivity contribution in [1.29, 1.82) is 0 Å². The monoisotopic (exact) mass is 585 g/mol. The lowest BCUT2D eigenvalue weighted by molar-refractivity contribution is -0.122. The Kier molecular flexibility index (Phi) is 6.72. The lowest BCUT2D eigenvalue weighted by Crippen LogP contribution is -2.50. The maximum Gasteiger partial charge on any atom is 0.410 e. The lowest BCUT2D eigenvalue weighted by Gasteiger charge is -2.40. The third-order valence-corrected chi connectivity index (χ3v) is 9.39. The van der Waals surface area contributed by atoms with Crippen molar-refractivity contribution < 1.29 is 23.9 Å². The molecule has 7 rings (SSSR count). The molecule has 2 bridgehead atoms. The molecule has 10 heteroatoms. The predicted octanol–water partition coefficient (Wildman–Crippen LogP) is 4.99. The summed E-state index contributed by atoms with van der Waals surface area (Å²) in [6.07, 6.45) is 5.43. The summed E-state index contributed by atoms with van der Waals surface area (Å²) in [5, 5.41) is 1.07. The molecule has 0 unspecified atom stereocenters. The third-order valence-electron chi connectivity index (χ3n) is 9.39. The molecule has 0 spiro atoms. The number of likely N-dealkylation sites (tertiary alicyclic amines) is 1. The molecule has 1 saturated carbocycles. The Hall–Kier alpha value is -3.92. The second-order valence-electron chi connectivity index (χ2n) is 13.4. The highest BCUT2D eigenvalue weighted by Gasteiger charge is 2.47. The quantitative estimate of drug-likeness (QED) is 0.454. The van der Waals surface area contributed by atoms with Gasteiger partial charge in [-0.3, -0.25) is 9.69 Å². The average Bonchev–Trinajstić information content (AvgIpc) is 3.68. The number of rotatable bonds is 2. The van der Waals surface area contributed by atoms with Crippen molar-refractivity contribution in [2.45, 2.75) is 71.2 Å². The number of pyridine rings is 1. The minimum Gasteiger partial charge on any atom is -0.444 e. The number of nitrogens with one attached hydrogen (secondary N) is 1. The first-order chi connectivity index (χ1) is 20.6. The zero-order chi connectivity index (χ0) is 30.0. The minimum atomic E-state index is -0.629. The SMILES string of the molecule is Cc1c[nH]c2ncc(-c3cc4c(c([C@@H]5COCCN5C(=O)OC(C)(C)C)c3)CN(C(=O)N3C[C@H]5C[C@@H]3CC5=O)CC4)cc12. The van der Waals surface area contributed by atoms with Crippen molar-refractivity contribution in [3.63, 3.8) is 0 Å². The van der Waals surface area contributed by atoms with Crippen molar-refractivity contribution in [2.24, 2.45) is 5.92 Å². The average molecular weight is 586 g/mol. The van der Waals surface area contributed by atoms with Gasteiger partial charge >= 0.3 is 12.1 Å². The number of H-pyrrole nitrogens is 1. The zero-order valence-corrected chi connectivity index (χ0v) is 25.3. The highest BCUT2D eigenvalue weighted by molar-refractivity contribution is 5.88. The summed E-state index contributed by atoms with van der Waals surface area (Å²) in [6.45, 7) is 10.4. The second-order valence-corrected chi connectivity index (χ2v) is 13.4. The van der Waals surface area contributed by atoms with Gasteiger partial charge in [0, 0.05) is 67.9 Å². The summed E-state index contributed by atoms with van der Waals surface area (Å²) in [4.78, 5) is 52.9. The van der Waals surface area contributed by atoms with Crippen LogP contribution < -0.4 is 0 Å². The van der Waals surface area contributed by atoms with Crippen LogP contribution in [0.2, 0.25) is 0 Å². The number of amides is 3. The van der Waals surface area contributed by atoms with Crippen molar-refractivity contribution >= 4 is 28.9 Å². The zero-order valence-electron chi connectivity index (χ0n) is 25.3. The molecule has 3 fully saturated rings. The number of ketones is 1. The van der Waals surface area contributed by atoms with Crippen molar-refractivity contribution in [3.05, 3.63) is 52.8 Å². The highest BCUT2D eigenvalue weighted by Crippen LogP contribution is 2.39. The Morgan fingerprint density at radius 2 is 1.95 bits per heavy atom. The number of urea groups is 1. The molecule has 0 radical (unpaired) electrons. The molecular formula is C33H39N5O5. The topological polar surface area (TPSA) is 108 Å². The fourth-order valence-electron chi connectivity index (χ4n) is 7.18. The van der Waals surface area contributed by atoms with E-state index in [1.165, 1.54) is 0 Å². The van der Waals surface area contributed by atoms with Crippen LogP contribution in [0.4, 0.5) is 9.59 Å². The molecule has 1 aromatic carbocycles. The van der Waals surface area contributed by atoms with Gasteiger partial charge in [-0.2, -0.15) is 0 Å². The summed E-state index contributed by atoms with van der Waals surface area (Å²) in [7, 11) is 0. The maximum absolute atomic E-state index is 13.8. The van der Waals surface area contributed by atoms with E-state index in [-0.39, 0.29) is 35.9 Å². The Morgan fingerprint density at radius 3 is 2.70 bits per heavy atom. The molecule has 2 aromatic heterocycles. The van der Waals surface area contributed by atoms with Crippen LogP contribution in [-0.4, -0.2) is 87.1 Å². The molecule has 4 aliphatic rings. The van der Waals surface area contributed by atoms with Gasteiger partial charge in [-0.15, -0.1) is 0 Å². The fourth-order valence-corrected chi connectivity index (χ4v) is 7.18. The number of piperidine rings is 1. The van der Waals surface area contributed by atoms with Crippen LogP contribution in [0, 0.1) is 12.8 Å². The number of fused-ring (bicyclic) bond motifs is 4. The van der Waals surface area contributed by atoms with Crippen LogP contribution in [0.3, 0.4) is 0 Å². The Bertz CT molecular complexity index is 1620. The van der Waals surface area contributed by atoms with E-state index >= 15 is 0 Å². The van der Waals surface area contributed by atoms with E-state index in [0.29, 0.717) is 52.2 Å². The van der Waals surface area contributed by atoms with Gasteiger partial charge in [-0.25, -0.2) is 14.6 Å². The number of ether oxygens (including phenoxy) is 2. The largest absolute Gasteiger partial charge is 0.444 e. The van der Waals surface area contributed by atoms with Gasteiger partial charge in [0.2, 0.25) is 0 Å². The number of aryl methyl sites for hydroxylation is 1. The number of carbonyl (C=O) groups excluding carboxylic acids is 3. The van der Waals surface area contributed by atoms with E-state index in [2.05, 4.69) is 35.1 Å². The lowest BCUT2D eigenvalue weighted by atomic mass is 9.87. The van der Waals surface area contributed by atoms with E-state index in [9.17, 15) is 14.4 Å². The molecule has 5 heterocycles. The van der Waals surface area contributed by atoms with Crippen LogP contribution in [0.5, 0.6) is 0 Å². The molecule has 3 aromatic rings. The van der Waals surface area contributed by atoms with Crippen LogP contribution in [0.25, 0.3) is 22.2 Å². The van der Waals surface area contributed by atoms with E-state index in [0.717, 1.165) is 50.8 Å². The molecule has 3 atom stereocenters. The molecule has 43 heavy (non-hydrogen) atoms. The summed E-state index contributed by atoms with van der Waals surface area (Å²) in [5.41, 5.74) is 6.56. The molecular weight excluding hydrogens is 546 g/mol. The van der Waals surface area contributed by atoms with Crippen molar-refractivity contribution in [2.75, 3.05) is 32.8 Å². The molecule has 3 amide bonds. The Balaban J connectivity index is 1.27. The standard InChI is InChI=1S/C33H39N5O5/c1-19-14-34-30-25(19)12-22(15-35-30)21-9-20-5-6-36(31(40)38-16-23-10-24(38)13-29(23)39)17-27(20)26(11-21)28-18-42-8-7-37(28)32(41)43-33(2,3)4/h9,11-12,14-15,23-24,28H,5-8,10,13,16-18H2,1-4H3,(H,34,35)/t23-,24-,28+/m1/s1. The van der Waals surface area contributed by atoms with Gasteiger partial charge in [0.15, 0.2) is 0 Å². The number of benzene rings is 1. The number of carbonyl (C=O) groups is 3. The van der Waals surface area contributed by atoms with Crippen LogP contribution in [0.1, 0.15) is 61.9 Å². The van der Waals surface area contributed by atoms with E-state index in [1.54, 1.807) is 4.90 Å². The molecule has 10 nitrogen and oxygen atoms in total. The van der Waals surface area contributed by atoms with Gasteiger partial charge in [0.25, 0.3) is 0 Å². The first kappa shape index (κ1) is 27.9. The number of nitrogens with zero attached hydrogens (tertiary/aromatic N) is 4. The van der Waals surface area contributed by atoms with E-state index in [4.69, 9.17) is 9.47 Å². The van der Waals surface area contributed by atoms with E-state index < -0.39 is 5.60 Å². The molecule has 226 valence electrons. The number of Topliss-reactive ketones (excluding diaryl/α,β-unsaturated/α-hetero) is 1. The van der Waals surface area contributed by atoms with Crippen molar-refractivity contribution in [3.8, 4) is 11.1 Å². The smallest absolute Gasteiger partial charge is 0.410 e. The van der Waals surface area contributed by atoms with Crippen molar-refractivity contribution in [1.82, 2.24) is 24.7 Å². The molecule has 1 aliphatic carbocycles. The fraction of sp³-hybridized carbons (Fsp3) is 0.515. The first-order valence-corrected chi connectivity index (χ1v) is 15.3. The number of morpholine rings is 1. The third kappa shape index (κ3) is 5.05. The van der Waals surface area contributed by atoms with Crippen LogP contribution in [-0.2, 0) is 27.2 Å². The summed E-state index contributed by atoms with van der Waals surface area (Å²) in [6, 6.07) is 6.17. The molecule has 2 saturated heterocycles. The normalized spacial score (nSPS) is 23.7. The maximum atomic E-state index is 13.8. The molecule has 3 aliphatic heterocycles. The number of aromatic nitrogens is 2. The Morgan fingerprint density at radius 1 is 1.12 bits per heavy atom.